The number of rotatable bonds is 5. The highest BCUT2D eigenvalue weighted by molar-refractivity contribution is 9.10. The summed E-state index contributed by atoms with van der Waals surface area (Å²) in [4.78, 5) is 12.6. The molecular formula is C13H12BrNOS. The summed E-state index contributed by atoms with van der Waals surface area (Å²) in [5.74, 6) is 0.194. The monoisotopic (exact) mass is 309 g/mol. The van der Waals surface area contributed by atoms with E-state index in [1.165, 1.54) is 11.3 Å². The molecule has 1 heterocycles. The number of carbonyl (C=O) groups excluding carboxylic acids is 1. The van der Waals surface area contributed by atoms with Gasteiger partial charge in [0.15, 0.2) is 5.78 Å². The van der Waals surface area contributed by atoms with Crippen molar-refractivity contribution in [3.05, 3.63) is 51.1 Å². The van der Waals surface area contributed by atoms with Gasteiger partial charge in [-0.25, -0.2) is 0 Å². The fraction of sp³-hybridized carbons (Fsp3) is 0.154. The smallest absolute Gasteiger partial charge is 0.174 e. The minimum atomic E-state index is 0.194. The largest absolute Gasteiger partial charge is 0.384 e. The van der Waals surface area contributed by atoms with E-state index >= 15 is 0 Å². The Morgan fingerprint density at radius 2 is 2.06 bits per heavy atom. The van der Waals surface area contributed by atoms with Crippen molar-refractivity contribution in [2.75, 3.05) is 11.9 Å². The molecule has 0 unspecified atom stereocenters. The van der Waals surface area contributed by atoms with Crippen molar-refractivity contribution in [3.63, 3.8) is 0 Å². The van der Waals surface area contributed by atoms with Crippen molar-refractivity contribution in [2.45, 2.75) is 6.42 Å². The van der Waals surface area contributed by atoms with Crippen LogP contribution in [-0.4, -0.2) is 12.3 Å². The van der Waals surface area contributed by atoms with Crippen LogP contribution < -0.4 is 5.32 Å². The first-order chi connectivity index (χ1) is 8.27. The summed E-state index contributed by atoms with van der Waals surface area (Å²) in [5.41, 5.74) is 1.02. The summed E-state index contributed by atoms with van der Waals surface area (Å²) in [6.07, 6.45) is 0.516. The van der Waals surface area contributed by atoms with E-state index in [9.17, 15) is 4.79 Å². The second kappa shape index (κ2) is 5.98. The lowest BCUT2D eigenvalue weighted by atomic mass is 10.2. The highest BCUT2D eigenvalue weighted by Gasteiger charge is 2.06. The number of benzene rings is 1. The maximum absolute atomic E-state index is 11.7. The normalized spacial score (nSPS) is 10.2. The summed E-state index contributed by atoms with van der Waals surface area (Å²) in [6.45, 7) is 0.652. The molecule has 17 heavy (non-hydrogen) atoms. The van der Waals surface area contributed by atoms with E-state index in [1.807, 2.05) is 41.8 Å². The van der Waals surface area contributed by atoms with E-state index in [0.717, 1.165) is 15.0 Å². The Kier molecular flexibility index (Phi) is 4.34. The quantitative estimate of drug-likeness (QED) is 0.839. The van der Waals surface area contributed by atoms with Crippen LogP contribution in [0.25, 0.3) is 0 Å². The predicted octanol–water partition coefficient (Wildman–Crippen LogP) is 4.20. The van der Waals surface area contributed by atoms with Gasteiger partial charge in [-0.15, -0.1) is 11.3 Å². The standard InChI is InChI=1S/C13H12BrNOS/c14-10-4-1-2-5-11(10)15-8-7-12(16)13-6-3-9-17-13/h1-6,9,15H,7-8H2. The maximum Gasteiger partial charge on any atom is 0.174 e. The Bertz CT molecular complexity index is 496. The van der Waals surface area contributed by atoms with Gasteiger partial charge in [-0.1, -0.05) is 18.2 Å². The van der Waals surface area contributed by atoms with E-state index in [-0.39, 0.29) is 5.78 Å². The number of hydrogen-bond acceptors (Lipinski definition) is 3. The number of hydrogen-bond donors (Lipinski definition) is 1. The van der Waals surface area contributed by atoms with Gasteiger partial charge in [-0.2, -0.15) is 0 Å². The highest BCUT2D eigenvalue weighted by Crippen LogP contribution is 2.21. The first kappa shape index (κ1) is 12.3. The fourth-order valence-corrected chi connectivity index (χ4v) is 2.60. The van der Waals surface area contributed by atoms with Crippen molar-refractivity contribution in [3.8, 4) is 0 Å². The van der Waals surface area contributed by atoms with Gasteiger partial charge < -0.3 is 5.32 Å². The second-order valence-electron chi connectivity index (χ2n) is 3.56. The number of nitrogens with one attached hydrogen (secondary N) is 1. The highest BCUT2D eigenvalue weighted by atomic mass is 79.9. The van der Waals surface area contributed by atoms with E-state index in [0.29, 0.717) is 13.0 Å². The van der Waals surface area contributed by atoms with Crippen molar-refractivity contribution in [1.82, 2.24) is 0 Å². The van der Waals surface area contributed by atoms with Crippen molar-refractivity contribution < 1.29 is 4.79 Å². The summed E-state index contributed by atoms with van der Waals surface area (Å²) in [7, 11) is 0. The predicted molar refractivity (Wildman–Crippen MR) is 75.9 cm³/mol. The average molecular weight is 310 g/mol. The Labute approximate surface area is 113 Å². The van der Waals surface area contributed by atoms with Gasteiger partial charge >= 0.3 is 0 Å². The van der Waals surface area contributed by atoms with E-state index in [1.54, 1.807) is 0 Å². The third-order valence-corrected chi connectivity index (χ3v) is 3.94. The molecule has 0 bridgehead atoms. The topological polar surface area (TPSA) is 29.1 Å². The van der Waals surface area contributed by atoms with Gasteiger partial charge in [-0.05, 0) is 39.5 Å². The fourth-order valence-electron chi connectivity index (χ4n) is 1.48. The first-order valence-electron chi connectivity index (χ1n) is 5.32. The number of carbonyl (C=O) groups is 1. The number of Topliss-reactive ketones (excluding diaryl/α,β-unsaturated/α-hetero) is 1. The maximum atomic E-state index is 11.7. The molecule has 4 heteroatoms. The molecule has 0 saturated heterocycles. The molecule has 0 atom stereocenters. The lowest BCUT2D eigenvalue weighted by molar-refractivity contribution is 0.0990. The van der Waals surface area contributed by atoms with Crippen LogP contribution in [0.4, 0.5) is 5.69 Å². The molecule has 0 saturated carbocycles. The van der Waals surface area contributed by atoms with Gasteiger partial charge in [0, 0.05) is 23.1 Å². The van der Waals surface area contributed by atoms with Gasteiger partial charge in [-0.3, -0.25) is 4.79 Å². The van der Waals surface area contributed by atoms with Crippen molar-refractivity contribution in [1.29, 1.82) is 0 Å². The summed E-state index contributed by atoms with van der Waals surface area (Å²) in [5, 5.41) is 5.17. The molecule has 0 aliphatic rings. The Morgan fingerprint density at radius 1 is 1.24 bits per heavy atom. The number of para-hydroxylation sites is 1. The molecule has 1 N–H and O–H groups in total. The average Bonchev–Trinajstić information content (AvgIpc) is 2.85. The van der Waals surface area contributed by atoms with Gasteiger partial charge in [0.25, 0.3) is 0 Å². The minimum Gasteiger partial charge on any atom is -0.384 e. The number of thiophene rings is 1. The number of halogens is 1. The first-order valence-corrected chi connectivity index (χ1v) is 7.00. The van der Waals surface area contributed by atoms with Crippen LogP contribution >= 0.6 is 27.3 Å². The van der Waals surface area contributed by atoms with Crippen LogP contribution in [0.2, 0.25) is 0 Å². The van der Waals surface area contributed by atoms with Crippen LogP contribution in [0.15, 0.2) is 46.3 Å². The molecular weight excluding hydrogens is 298 g/mol. The lowest BCUT2D eigenvalue weighted by Gasteiger charge is -2.07. The molecule has 2 rings (SSSR count). The molecule has 0 spiro atoms. The second-order valence-corrected chi connectivity index (χ2v) is 5.36. The summed E-state index contributed by atoms with van der Waals surface area (Å²) in [6, 6.07) is 11.7. The van der Waals surface area contributed by atoms with E-state index in [2.05, 4.69) is 21.2 Å². The van der Waals surface area contributed by atoms with Gasteiger partial charge in [0.1, 0.15) is 0 Å². The third-order valence-electron chi connectivity index (χ3n) is 2.34. The summed E-state index contributed by atoms with van der Waals surface area (Å²) < 4.78 is 1.02. The molecule has 0 radical (unpaired) electrons. The van der Waals surface area contributed by atoms with Crippen LogP contribution in [-0.2, 0) is 0 Å². The number of ketones is 1. The van der Waals surface area contributed by atoms with E-state index < -0.39 is 0 Å². The van der Waals surface area contributed by atoms with Gasteiger partial charge in [0.2, 0.25) is 0 Å². The molecule has 0 fully saturated rings. The third kappa shape index (κ3) is 3.41. The molecule has 1 aromatic carbocycles. The van der Waals surface area contributed by atoms with Crippen LogP contribution in [0, 0.1) is 0 Å². The van der Waals surface area contributed by atoms with E-state index in [4.69, 9.17) is 0 Å². The molecule has 0 amide bonds. The van der Waals surface area contributed by atoms with Crippen LogP contribution in [0.1, 0.15) is 16.1 Å². The number of anilines is 1. The molecule has 1 aromatic heterocycles. The van der Waals surface area contributed by atoms with Crippen molar-refractivity contribution >= 4 is 38.7 Å². The molecule has 2 nitrogen and oxygen atoms in total. The SMILES string of the molecule is O=C(CCNc1ccccc1Br)c1cccs1. The molecule has 88 valence electrons. The zero-order valence-corrected chi connectivity index (χ0v) is 11.6. The van der Waals surface area contributed by atoms with Crippen LogP contribution in [0.5, 0.6) is 0 Å². The minimum absolute atomic E-state index is 0.194. The summed E-state index contributed by atoms with van der Waals surface area (Å²) >= 11 is 4.95. The lowest BCUT2D eigenvalue weighted by Crippen LogP contribution is -2.08. The zero-order valence-electron chi connectivity index (χ0n) is 9.15. The Hall–Kier alpha value is -1.13. The molecule has 2 aromatic rings. The molecule has 0 aliphatic carbocycles. The zero-order chi connectivity index (χ0) is 12.1. The Balaban J connectivity index is 1.84. The van der Waals surface area contributed by atoms with Crippen molar-refractivity contribution in [2.24, 2.45) is 0 Å². The van der Waals surface area contributed by atoms with Gasteiger partial charge in [0.05, 0.1) is 4.88 Å². The van der Waals surface area contributed by atoms with Crippen LogP contribution in [0.3, 0.4) is 0 Å². The molecule has 0 aliphatic heterocycles. The Morgan fingerprint density at radius 3 is 2.76 bits per heavy atom.